The van der Waals surface area contributed by atoms with Crippen LogP contribution in [0.1, 0.15) is 117 Å². The third kappa shape index (κ3) is 16.2. The molecular weight excluding hydrogens is 256 g/mol. The second-order valence-corrected chi connectivity index (χ2v) is 7.10. The average Bonchev–Trinajstić information content (AvgIpc) is 2.48. The summed E-state index contributed by atoms with van der Waals surface area (Å²) in [5.74, 6) is 0.904. The van der Waals surface area contributed by atoms with Crippen molar-refractivity contribution < 1.29 is 5.11 Å². The van der Waals surface area contributed by atoms with Gasteiger partial charge in [-0.05, 0) is 18.8 Å². The van der Waals surface area contributed by atoms with Gasteiger partial charge in [0, 0.05) is 0 Å². The van der Waals surface area contributed by atoms with E-state index in [1.807, 2.05) is 0 Å². The predicted octanol–water partition coefficient (Wildman–Crippen LogP) is 6.87. The molecule has 0 aliphatic carbocycles. The molecule has 128 valence electrons. The van der Waals surface area contributed by atoms with Gasteiger partial charge >= 0.3 is 0 Å². The molecule has 1 nitrogen and oxygen atoms in total. The van der Waals surface area contributed by atoms with Crippen LogP contribution >= 0.6 is 0 Å². The molecule has 21 heavy (non-hydrogen) atoms. The Morgan fingerprint density at radius 3 is 1.62 bits per heavy atom. The van der Waals surface area contributed by atoms with Gasteiger partial charge in [0.05, 0.1) is 6.10 Å². The van der Waals surface area contributed by atoms with E-state index in [-0.39, 0.29) is 6.10 Å². The van der Waals surface area contributed by atoms with E-state index < -0.39 is 0 Å². The van der Waals surface area contributed by atoms with Crippen LogP contribution in [-0.2, 0) is 0 Å². The van der Waals surface area contributed by atoms with Crippen LogP contribution in [0.2, 0.25) is 0 Å². The fraction of sp³-hybridized carbons (Fsp3) is 1.00. The zero-order valence-corrected chi connectivity index (χ0v) is 15.2. The third-order valence-corrected chi connectivity index (χ3v) is 4.68. The van der Waals surface area contributed by atoms with E-state index in [9.17, 15) is 5.11 Å². The van der Waals surface area contributed by atoms with Crippen molar-refractivity contribution in [2.45, 2.75) is 123 Å². The van der Waals surface area contributed by atoms with Crippen LogP contribution in [0.3, 0.4) is 0 Å². The molecule has 2 atom stereocenters. The molecule has 0 rings (SSSR count). The van der Waals surface area contributed by atoms with E-state index >= 15 is 0 Å². The van der Waals surface area contributed by atoms with E-state index in [1.54, 1.807) is 0 Å². The Labute approximate surface area is 134 Å². The SMILES string of the molecule is CCCCCCCCC(C)CCCCCC(O)CCCC. The van der Waals surface area contributed by atoms with Crippen molar-refractivity contribution in [3.05, 3.63) is 0 Å². The maximum absolute atomic E-state index is 9.79. The molecule has 0 radical (unpaired) electrons. The summed E-state index contributed by atoms with van der Waals surface area (Å²) in [7, 11) is 0. The molecule has 0 saturated heterocycles. The van der Waals surface area contributed by atoms with Gasteiger partial charge in [0.25, 0.3) is 0 Å². The number of rotatable bonds is 16. The highest BCUT2D eigenvalue weighted by Gasteiger charge is 2.05. The standard InChI is InChI=1S/C20H42O/c1-4-6-8-9-10-12-15-19(3)16-13-11-14-18-20(21)17-7-5-2/h19-21H,4-18H2,1-3H3. The van der Waals surface area contributed by atoms with Crippen LogP contribution in [0.25, 0.3) is 0 Å². The van der Waals surface area contributed by atoms with Gasteiger partial charge in [-0.15, -0.1) is 0 Å². The van der Waals surface area contributed by atoms with Crippen molar-refractivity contribution in [2.24, 2.45) is 5.92 Å². The number of aliphatic hydroxyl groups is 1. The van der Waals surface area contributed by atoms with Crippen molar-refractivity contribution in [3.63, 3.8) is 0 Å². The van der Waals surface area contributed by atoms with Gasteiger partial charge in [0.15, 0.2) is 0 Å². The van der Waals surface area contributed by atoms with Gasteiger partial charge in [-0.25, -0.2) is 0 Å². The molecule has 0 fully saturated rings. The lowest BCUT2D eigenvalue weighted by molar-refractivity contribution is 0.147. The average molecular weight is 299 g/mol. The number of hydrogen-bond donors (Lipinski definition) is 1. The van der Waals surface area contributed by atoms with E-state index in [2.05, 4.69) is 20.8 Å². The van der Waals surface area contributed by atoms with E-state index in [1.165, 1.54) is 83.5 Å². The molecule has 0 heterocycles. The molecule has 1 N–H and O–H groups in total. The minimum atomic E-state index is -0.0366. The first-order valence-corrected chi connectivity index (χ1v) is 9.88. The van der Waals surface area contributed by atoms with Gasteiger partial charge in [0.1, 0.15) is 0 Å². The molecule has 0 saturated carbocycles. The summed E-state index contributed by atoms with van der Waals surface area (Å²) < 4.78 is 0. The summed E-state index contributed by atoms with van der Waals surface area (Å²) in [6.45, 7) is 6.89. The van der Waals surface area contributed by atoms with Crippen LogP contribution in [0.4, 0.5) is 0 Å². The zero-order chi connectivity index (χ0) is 15.8. The first-order valence-electron chi connectivity index (χ1n) is 9.88. The topological polar surface area (TPSA) is 20.2 Å². The Morgan fingerprint density at radius 1 is 0.571 bits per heavy atom. The number of hydrogen-bond acceptors (Lipinski definition) is 1. The Morgan fingerprint density at radius 2 is 1.00 bits per heavy atom. The van der Waals surface area contributed by atoms with Gasteiger partial charge < -0.3 is 5.11 Å². The summed E-state index contributed by atoms with van der Waals surface area (Å²) in [6.07, 6.45) is 19.6. The molecule has 0 aliphatic rings. The molecule has 0 aromatic rings. The summed E-state index contributed by atoms with van der Waals surface area (Å²) >= 11 is 0. The normalized spacial score (nSPS) is 14.3. The largest absolute Gasteiger partial charge is 0.393 e. The first kappa shape index (κ1) is 21.0. The fourth-order valence-electron chi connectivity index (χ4n) is 3.05. The van der Waals surface area contributed by atoms with E-state index in [4.69, 9.17) is 0 Å². The highest BCUT2D eigenvalue weighted by Crippen LogP contribution is 2.18. The molecule has 0 aliphatic heterocycles. The second kappa shape index (κ2) is 16.3. The van der Waals surface area contributed by atoms with Crippen LogP contribution in [-0.4, -0.2) is 11.2 Å². The second-order valence-electron chi connectivity index (χ2n) is 7.10. The molecule has 1 heteroatoms. The van der Waals surface area contributed by atoms with Gasteiger partial charge in [-0.2, -0.15) is 0 Å². The molecule has 0 spiro atoms. The van der Waals surface area contributed by atoms with Crippen molar-refractivity contribution >= 4 is 0 Å². The van der Waals surface area contributed by atoms with E-state index in [0.717, 1.165) is 18.8 Å². The van der Waals surface area contributed by atoms with Crippen molar-refractivity contribution in [3.8, 4) is 0 Å². The summed E-state index contributed by atoms with van der Waals surface area (Å²) in [6, 6.07) is 0. The third-order valence-electron chi connectivity index (χ3n) is 4.68. The van der Waals surface area contributed by atoms with Crippen LogP contribution in [0.15, 0.2) is 0 Å². The van der Waals surface area contributed by atoms with Crippen LogP contribution in [0, 0.1) is 5.92 Å². The van der Waals surface area contributed by atoms with Crippen LogP contribution < -0.4 is 0 Å². The van der Waals surface area contributed by atoms with Gasteiger partial charge in [-0.1, -0.05) is 104 Å². The fourth-order valence-corrected chi connectivity index (χ4v) is 3.05. The Kier molecular flexibility index (Phi) is 16.3. The van der Waals surface area contributed by atoms with E-state index in [0.29, 0.717) is 0 Å². The maximum Gasteiger partial charge on any atom is 0.0540 e. The van der Waals surface area contributed by atoms with Crippen LogP contribution in [0.5, 0.6) is 0 Å². The highest BCUT2D eigenvalue weighted by molar-refractivity contribution is 4.58. The highest BCUT2D eigenvalue weighted by atomic mass is 16.3. The lowest BCUT2D eigenvalue weighted by Gasteiger charge is -2.12. The van der Waals surface area contributed by atoms with Gasteiger partial charge in [-0.3, -0.25) is 0 Å². The molecule has 0 bridgehead atoms. The van der Waals surface area contributed by atoms with Crippen molar-refractivity contribution in [1.82, 2.24) is 0 Å². The van der Waals surface area contributed by atoms with Crippen molar-refractivity contribution in [2.75, 3.05) is 0 Å². The molecule has 2 unspecified atom stereocenters. The monoisotopic (exact) mass is 298 g/mol. The number of unbranched alkanes of at least 4 members (excludes halogenated alkanes) is 8. The quantitative estimate of drug-likeness (QED) is 0.308. The minimum Gasteiger partial charge on any atom is -0.393 e. The van der Waals surface area contributed by atoms with Gasteiger partial charge in [0.2, 0.25) is 0 Å². The predicted molar refractivity (Wildman–Crippen MR) is 95.8 cm³/mol. The molecule has 0 aromatic carbocycles. The summed E-state index contributed by atoms with van der Waals surface area (Å²) in [5.41, 5.74) is 0. The number of aliphatic hydroxyl groups excluding tert-OH is 1. The Bertz CT molecular complexity index is 190. The van der Waals surface area contributed by atoms with Crippen molar-refractivity contribution in [1.29, 1.82) is 0 Å². The summed E-state index contributed by atoms with van der Waals surface area (Å²) in [4.78, 5) is 0. The Hall–Kier alpha value is -0.0400. The minimum absolute atomic E-state index is 0.0366. The smallest absolute Gasteiger partial charge is 0.0540 e. The lowest BCUT2D eigenvalue weighted by atomic mass is 9.95. The molecule has 0 amide bonds. The molecule has 0 aromatic heterocycles. The molecular formula is C20H42O. The first-order chi connectivity index (χ1) is 10.2. The lowest BCUT2D eigenvalue weighted by Crippen LogP contribution is -2.05. The maximum atomic E-state index is 9.79. The summed E-state index contributed by atoms with van der Waals surface area (Å²) in [5, 5.41) is 9.79. The zero-order valence-electron chi connectivity index (χ0n) is 15.2. The Balaban J connectivity index is 3.24.